The average molecular weight is 469 g/mol. The van der Waals surface area contributed by atoms with Crippen molar-refractivity contribution in [3.05, 3.63) is 113 Å². The molecule has 6 nitrogen and oxygen atoms in total. The second-order valence-corrected chi connectivity index (χ2v) is 8.61. The van der Waals surface area contributed by atoms with E-state index in [1.165, 1.54) is 12.1 Å². The summed E-state index contributed by atoms with van der Waals surface area (Å²) in [6.45, 7) is 4.38. The average Bonchev–Trinajstić information content (AvgIpc) is 3.35. The lowest BCUT2D eigenvalue weighted by atomic mass is 9.94. The normalized spacial score (nSPS) is 15.9. The van der Waals surface area contributed by atoms with Crippen molar-refractivity contribution in [1.82, 2.24) is 20.4 Å². The van der Waals surface area contributed by atoms with Crippen LogP contribution in [0, 0.1) is 12.7 Å². The van der Waals surface area contributed by atoms with Crippen molar-refractivity contribution in [3.8, 4) is 11.4 Å². The van der Waals surface area contributed by atoms with Gasteiger partial charge < -0.3 is 9.84 Å². The van der Waals surface area contributed by atoms with E-state index >= 15 is 0 Å². The van der Waals surface area contributed by atoms with Crippen LogP contribution in [0.5, 0.6) is 0 Å². The number of hydrogen-bond donors (Lipinski definition) is 1. The zero-order valence-corrected chi connectivity index (χ0v) is 19.5. The fourth-order valence-corrected chi connectivity index (χ4v) is 4.27. The molecule has 0 saturated heterocycles. The lowest BCUT2D eigenvalue weighted by molar-refractivity contribution is 0.205. The molecule has 1 unspecified atom stereocenters. The first-order valence-electron chi connectivity index (χ1n) is 11.5. The van der Waals surface area contributed by atoms with Gasteiger partial charge in [-0.05, 0) is 43.5 Å². The van der Waals surface area contributed by atoms with Crippen molar-refractivity contribution in [2.45, 2.75) is 26.3 Å². The van der Waals surface area contributed by atoms with Gasteiger partial charge in [0, 0.05) is 17.8 Å². The highest BCUT2D eigenvalue weighted by Gasteiger charge is 2.35. The maximum absolute atomic E-state index is 13.6. The Bertz CT molecular complexity index is 1360. The molecule has 176 valence electrons. The van der Waals surface area contributed by atoms with Crippen molar-refractivity contribution in [2.75, 3.05) is 6.54 Å². The Hall–Kier alpha value is -4.26. The Morgan fingerprint density at radius 3 is 2.40 bits per heavy atom. The van der Waals surface area contributed by atoms with Gasteiger partial charge in [0.1, 0.15) is 5.82 Å². The van der Waals surface area contributed by atoms with Crippen molar-refractivity contribution in [1.29, 1.82) is 0 Å². The van der Waals surface area contributed by atoms with Crippen LogP contribution in [0.2, 0.25) is 0 Å². The van der Waals surface area contributed by atoms with Crippen molar-refractivity contribution in [2.24, 2.45) is 0 Å². The van der Waals surface area contributed by atoms with E-state index in [0.717, 1.165) is 28.0 Å². The van der Waals surface area contributed by atoms with Crippen LogP contribution in [0.15, 0.2) is 89.1 Å². The molecule has 0 fully saturated rings. The van der Waals surface area contributed by atoms with Crippen LogP contribution in [-0.2, 0) is 6.42 Å². The largest absolute Gasteiger partial charge is 0.334 e. The van der Waals surface area contributed by atoms with Crippen molar-refractivity contribution >= 4 is 11.6 Å². The molecule has 0 spiro atoms. The third kappa shape index (κ3) is 4.71. The first kappa shape index (κ1) is 22.5. The predicted octanol–water partition coefficient (Wildman–Crippen LogP) is 5.92. The molecule has 7 heteroatoms. The van der Waals surface area contributed by atoms with Gasteiger partial charge in [-0.3, -0.25) is 4.90 Å². The minimum Gasteiger partial charge on any atom is -0.334 e. The summed E-state index contributed by atoms with van der Waals surface area (Å²) in [4.78, 5) is 19.5. The van der Waals surface area contributed by atoms with Gasteiger partial charge in [0.25, 0.3) is 5.89 Å². The predicted molar refractivity (Wildman–Crippen MR) is 132 cm³/mol. The van der Waals surface area contributed by atoms with Crippen molar-refractivity contribution < 1.29 is 13.7 Å². The third-order valence-electron chi connectivity index (χ3n) is 6.23. The van der Waals surface area contributed by atoms with E-state index < -0.39 is 6.04 Å². The number of amides is 2. The van der Waals surface area contributed by atoms with Gasteiger partial charge in [-0.2, -0.15) is 4.98 Å². The molecule has 0 saturated carbocycles. The smallest absolute Gasteiger partial charge is 0.322 e. The summed E-state index contributed by atoms with van der Waals surface area (Å²) < 4.78 is 19.3. The number of benzene rings is 3. The van der Waals surface area contributed by atoms with Gasteiger partial charge in [-0.1, -0.05) is 77.5 Å². The maximum Gasteiger partial charge on any atom is 0.322 e. The van der Waals surface area contributed by atoms with E-state index in [4.69, 9.17) is 4.52 Å². The van der Waals surface area contributed by atoms with Gasteiger partial charge in [-0.25, -0.2) is 9.18 Å². The Balaban J connectivity index is 1.54. The monoisotopic (exact) mass is 468 g/mol. The van der Waals surface area contributed by atoms with Crippen LogP contribution >= 0.6 is 0 Å². The summed E-state index contributed by atoms with van der Waals surface area (Å²) in [5, 5.41) is 7.25. The molecule has 0 radical (unpaired) electrons. The molecule has 1 N–H and O–H groups in total. The Labute approximate surface area is 203 Å². The highest BCUT2D eigenvalue weighted by Crippen LogP contribution is 2.37. The lowest BCUT2D eigenvalue weighted by Crippen LogP contribution is -2.46. The minimum atomic E-state index is -0.553. The topological polar surface area (TPSA) is 71.3 Å². The molecule has 0 aliphatic carbocycles. The molecule has 2 amide bonds. The van der Waals surface area contributed by atoms with Crippen LogP contribution in [0.4, 0.5) is 9.18 Å². The SMILES string of the molecule is CC1=C(c2nc(-c3ccc(C)cc3)no2)C(c2ccc(F)cc2)NC(=O)N1CCc1ccccc1. The van der Waals surface area contributed by atoms with E-state index in [1.54, 1.807) is 17.0 Å². The van der Waals surface area contributed by atoms with Gasteiger partial charge in [-0.15, -0.1) is 0 Å². The molecular weight excluding hydrogens is 443 g/mol. The third-order valence-corrected chi connectivity index (χ3v) is 6.23. The van der Waals surface area contributed by atoms with Crippen LogP contribution in [-0.4, -0.2) is 27.6 Å². The zero-order valence-electron chi connectivity index (χ0n) is 19.5. The number of urea groups is 1. The number of nitrogens with one attached hydrogen (secondary N) is 1. The molecule has 1 atom stereocenters. The Kier molecular flexibility index (Phi) is 6.14. The van der Waals surface area contributed by atoms with E-state index in [-0.39, 0.29) is 11.8 Å². The minimum absolute atomic E-state index is 0.227. The number of hydrogen-bond acceptors (Lipinski definition) is 4. The number of carbonyl (C=O) groups excluding carboxylic acids is 1. The summed E-state index contributed by atoms with van der Waals surface area (Å²) in [5.74, 6) is 0.435. The first-order chi connectivity index (χ1) is 17.0. The highest BCUT2D eigenvalue weighted by atomic mass is 19.1. The van der Waals surface area contributed by atoms with Gasteiger partial charge in [0.15, 0.2) is 0 Å². The number of rotatable bonds is 6. The van der Waals surface area contributed by atoms with Crippen LogP contribution < -0.4 is 5.32 Å². The standard InChI is InChI=1S/C28H25FN4O2/c1-18-8-10-22(11-9-18)26-31-27(35-32-26)24-19(2)33(17-16-20-6-4-3-5-7-20)28(34)30-25(24)21-12-14-23(29)15-13-21/h3-15,25H,16-17H2,1-2H3,(H,30,34). The summed E-state index contributed by atoms with van der Waals surface area (Å²) in [7, 11) is 0. The fourth-order valence-electron chi connectivity index (χ4n) is 4.27. The Morgan fingerprint density at radius 2 is 1.69 bits per heavy atom. The molecule has 4 aromatic rings. The number of carbonyl (C=O) groups is 1. The molecule has 1 aliphatic heterocycles. The lowest BCUT2D eigenvalue weighted by Gasteiger charge is -2.35. The van der Waals surface area contributed by atoms with Gasteiger partial charge in [0.2, 0.25) is 5.82 Å². The number of aryl methyl sites for hydroxylation is 1. The maximum atomic E-state index is 13.6. The fraction of sp³-hybridized carbons (Fsp3) is 0.179. The molecule has 1 aliphatic rings. The zero-order chi connectivity index (χ0) is 24.4. The van der Waals surface area contributed by atoms with E-state index in [0.29, 0.717) is 30.3 Å². The first-order valence-corrected chi connectivity index (χ1v) is 11.5. The molecule has 35 heavy (non-hydrogen) atoms. The van der Waals surface area contributed by atoms with Gasteiger partial charge >= 0.3 is 6.03 Å². The summed E-state index contributed by atoms with van der Waals surface area (Å²) in [6.07, 6.45) is 0.693. The number of aromatic nitrogens is 2. The van der Waals surface area contributed by atoms with Crippen LogP contribution in [0.1, 0.15) is 35.5 Å². The summed E-state index contributed by atoms with van der Waals surface area (Å²) >= 11 is 0. The second kappa shape index (κ2) is 9.54. The van der Waals surface area contributed by atoms with Crippen molar-refractivity contribution in [3.63, 3.8) is 0 Å². The quantitative estimate of drug-likeness (QED) is 0.381. The summed E-state index contributed by atoms with van der Waals surface area (Å²) in [6, 6.07) is 23.2. The van der Waals surface area contributed by atoms with E-state index in [2.05, 4.69) is 15.5 Å². The number of halogens is 1. The van der Waals surface area contributed by atoms with Gasteiger partial charge in [0.05, 0.1) is 11.6 Å². The number of nitrogens with zero attached hydrogens (tertiary/aromatic N) is 3. The summed E-state index contributed by atoms with van der Waals surface area (Å²) in [5.41, 5.74) is 5.24. The molecular formula is C28H25FN4O2. The van der Waals surface area contributed by atoms with Crippen LogP contribution in [0.25, 0.3) is 17.0 Å². The molecule has 1 aromatic heterocycles. The second-order valence-electron chi connectivity index (χ2n) is 8.61. The van der Waals surface area contributed by atoms with E-state index in [1.807, 2.05) is 68.4 Å². The molecule has 2 heterocycles. The van der Waals surface area contributed by atoms with E-state index in [9.17, 15) is 9.18 Å². The Morgan fingerprint density at radius 1 is 0.971 bits per heavy atom. The molecule has 0 bridgehead atoms. The molecule has 5 rings (SSSR count). The van der Waals surface area contributed by atoms with Crippen LogP contribution in [0.3, 0.4) is 0 Å². The highest BCUT2D eigenvalue weighted by molar-refractivity contribution is 5.86. The molecule has 3 aromatic carbocycles. The number of allylic oxidation sites excluding steroid dienone is 1.